The number of nitrogen functional groups attached to an aromatic ring is 1. The van der Waals surface area contributed by atoms with Crippen molar-refractivity contribution in [3.05, 3.63) is 115 Å². The Bertz CT molecular complexity index is 2090. The second-order valence-corrected chi connectivity index (χ2v) is 11.3. The summed E-state index contributed by atoms with van der Waals surface area (Å²) in [5.41, 5.74) is 6.81. The molecule has 0 saturated carbocycles. The van der Waals surface area contributed by atoms with Gasteiger partial charge in [0.1, 0.15) is 35.4 Å². The normalized spacial score (nSPS) is 16.6. The first-order valence-electron chi connectivity index (χ1n) is 14.3. The lowest BCUT2D eigenvalue weighted by molar-refractivity contribution is -0.00253. The number of nitrogens with two attached hydrogens (primary N) is 1. The van der Waals surface area contributed by atoms with Crippen LogP contribution in [0.25, 0.3) is 11.4 Å². The minimum atomic E-state index is -3.29. The van der Waals surface area contributed by atoms with Crippen LogP contribution in [0, 0.1) is 0 Å². The van der Waals surface area contributed by atoms with E-state index in [0.717, 1.165) is 34.3 Å². The van der Waals surface area contributed by atoms with Gasteiger partial charge in [0, 0.05) is 30.3 Å². The number of aromatic nitrogens is 5. The predicted molar refractivity (Wildman–Crippen MR) is 161 cm³/mol. The fourth-order valence-corrected chi connectivity index (χ4v) is 6.07. The molecule has 1 aliphatic carbocycles. The zero-order chi connectivity index (χ0) is 32.2. The minimum absolute atomic E-state index is 0.0144. The third-order valence-corrected chi connectivity index (χ3v) is 8.35. The highest BCUT2D eigenvalue weighted by molar-refractivity contribution is 5.97. The van der Waals surface area contributed by atoms with Crippen LogP contribution < -0.4 is 32.1 Å². The van der Waals surface area contributed by atoms with Crippen LogP contribution in [0.2, 0.25) is 0 Å². The van der Waals surface area contributed by atoms with E-state index in [1.807, 2.05) is 18.2 Å². The Kier molecular flexibility index (Phi) is 6.87. The molecule has 5 N–H and O–H groups in total. The van der Waals surface area contributed by atoms with Crippen molar-refractivity contribution < 1.29 is 18.4 Å². The molecule has 0 radical (unpaired) electrons. The van der Waals surface area contributed by atoms with E-state index >= 15 is 0 Å². The molecule has 232 valence electrons. The van der Waals surface area contributed by atoms with Gasteiger partial charge in [0.2, 0.25) is 0 Å². The fraction of sp³-hybridized carbons (Fsp3) is 0.226. The first-order chi connectivity index (χ1) is 22.1. The fourth-order valence-electron chi connectivity index (χ4n) is 6.07. The van der Waals surface area contributed by atoms with Gasteiger partial charge >= 0.3 is 0 Å². The Labute approximate surface area is 258 Å². The number of hydrogen-bond donors (Lipinski definition) is 4. The van der Waals surface area contributed by atoms with Crippen LogP contribution in [0.4, 0.5) is 20.2 Å². The number of nitrogens with one attached hydrogen (secondary N) is 3. The number of halogens is 2. The lowest BCUT2D eigenvalue weighted by atomic mass is 9.93. The average molecular weight is 626 g/mol. The van der Waals surface area contributed by atoms with E-state index in [9.17, 15) is 28.0 Å². The summed E-state index contributed by atoms with van der Waals surface area (Å²) in [5, 5.41) is 12.4. The van der Waals surface area contributed by atoms with Crippen LogP contribution in [0.5, 0.6) is 0 Å². The third kappa shape index (κ3) is 5.04. The summed E-state index contributed by atoms with van der Waals surface area (Å²) in [7, 11) is 0. The molecular formula is C31H25F2N9O4. The summed E-state index contributed by atoms with van der Waals surface area (Å²) in [6.45, 7) is -0.868. The monoisotopic (exact) mass is 625 g/mol. The highest BCUT2D eigenvalue weighted by Crippen LogP contribution is 2.39. The van der Waals surface area contributed by atoms with E-state index < -0.39 is 35.1 Å². The molecule has 2 aromatic heterocycles. The van der Waals surface area contributed by atoms with Gasteiger partial charge in [-0.05, 0) is 41.2 Å². The van der Waals surface area contributed by atoms with Crippen LogP contribution in [-0.2, 0) is 25.4 Å². The van der Waals surface area contributed by atoms with Gasteiger partial charge in [-0.2, -0.15) is 13.9 Å². The molecule has 2 aliphatic rings. The molecule has 15 heteroatoms. The number of anilines is 2. The van der Waals surface area contributed by atoms with Gasteiger partial charge in [-0.1, -0.05) is 30.3 Å². The van der Waals surface area contributed by atoms with Gasteiger partial charge in [-0.15, -0.1) is 0 Å². The van der Waals surface area contributed by atoms with Crippen molar-refractivity contribution in [3.63, 3.8) is 0 Å². The number of aryl methyl sites for hydroxylation is 1. The Balaban J connectivity index is 1.01. The van der Waals surface area contributed by atoms with E-state index in [2.05, 4.69) is 35.8 Å². The maximum Gasteiger partial charge on any atom is 0.290 e. The molecule has 2 amide bonds. The van der Waals surface area contributed by atoms with Crippen LogP contribution in [0.3, 0.4) is 0 Å². The maximum atomic E-state index is 14.9. The molecule has 0 bridgehead atoms. The van der Waals surface area contributed by atoms with E-state index in [1.54, 1.807) is 0 Å². The molecule has 1 aliphatic heterocycles. The molecule has 3 heterocycles. The number of carbonyl (C=O) groups is 2. The molecule has 13 nitrogen and oxygen atoms in total. The second-order valence-electron chi connectivity index (χ2n) is 11.3. The highest BCUT2D eigenvalue weighted by atomic mass is 19.3. The van der Waals surface area contributed by atoms with Crippen molar-refractivity contribution in [1.29, 1.82) is 0 Å². The number of H-pyrrole nitrogens is 1. The zero-order valence-electron chi connectivity index (χ0n) is 24.0. The van der Waals surface area contributed by atoms with Crippen molar-refractivity contribution in [3.8, 4) is 11.4 Å². The van der Waals surface area contributed by atoms with Crippen LogP contribution >= 0.6 is 0 Å². The molecule has 46 heavy (non-hydrogen) atoms. The SMILES string of the molecule is Nc1c(N2Cc3cc(CNC(=O)c4cc(C(=O)N[C@H]5CCc6cc(-c7ncn[nH]7)ccc65)ncn4)ccc3C(F)(F)C2)c(=O)c1=O. The topological polar surface area (TPSA) is 189 Å². The van der Waals surface area contributed by atoms with Crippen molar-refractivity contribution in [2.24, 2.45) is 0 Å². The van der Waals surface area contributed by atoms with Gasteiger partial charge in [0.15, 0.2) is 5.82 Å². The zero-order valence-corrected chi connectivity index (χ0v) is 24.0. The quantitative estimate of drug-likeness (QED) is 0.195. The second kappa shape index (κ2) is 10.9. The number of hydrogen-bond acceptors (Lipinski definition) is 10. The van der Waals surface area contributed by atoms with Crippen molar-refractivity contribution >= 4 is 23.2 Å². The number of benzene rings is 2. The summed E-state index contributed by atoms with van der Waals surface area (Å²) in [4.78, 5) is 62.9. The molecule has 5 aromatic rings. The van der Waals surface area contributed by atoms with E-state index in [-0.39, 0.29) is 53.0 Å². The van der Waals surface area contributed by atoms with E-state index in [4.69, 9.17) is 5.73 Å². The molecular weight excluding hydrogens is 600 g/mol. The van der Waals surface area contributed by atoms with E-state index in [0.29, 0.717) is 17.8 Å². The lowest BCUT2D eigenvalue weighted by Gasteiger charge is -2.36. The summed E-state index contributed by atoms with van der Waals surface area (Å²) >= 11 is 0. The number of rotatable bonds is 7. The number of fused-ring (bicyclic) bond motifs is 2. The summed E-state index contributed by atoms with van der Waals surface area (Å²) in [6.07, 6.45) is 4.03. The number of alkyl halides is 2. The Morgan fingerprint density at radius 1 is 0.978 bits per heavy atom. The van der Waals surface area contributed by atoms with Gasteiger partial charge in [-0.3, -0.25) is 24.3 Å². The van der Waals surface area contributed by atoms with Crippen LogP contribution in [0.15, 0.2) is 64.7 Å². The van der Waals surface area contributed by atoms with Gasteiger partial charge in [0.25, 0.3) is 28.6 Å². The summed E-state index contributed by atoms with van der Waals surface area (Å²) < 4.78 is 29.9. The number of carbonyl (C=O) groups excluding carboxylic acids is 2. The number of nitrogens with zero attached hydrogens (tertiary/aromatic N) is 5. The molecule has 3 aromatic carbocycles. The highest BCUT2D eigenvalue weighted by Gasteiger charge is 2.42. The summed E-state index contributed by atoms with van der Waals surface area (Å²) in [5.74, 6) is -3.69. The first-order valence-corrected chi connectivity index (χ1v) is 14.3. The molecule has 7 rings (SSSR count). The Morgan fingerprint density at radius 3 is 2.54 bits per heavy atom. The third-order valence-electron chi connectivity index (χ3n) is 8.35. The average Bonchev–Trinajstić information content (AvgIpc) is 3.74. The molecule has 1 atom stereocenters. The van der Waals surface area contributed by atoms with Gasteiger partial charge in [-0.25, -0.2) is 15.0 Å². The van der Waals surface area contributed by atoms with Crippen molar-refractivity contribution in [1.82, 2.24) is 35.8 Å². The smallest absolute Gasteiger partial charge is 0.290 e. The summed E-state index contributed by atoms with van der Waals surface area (Å²) in [6, 6.07) is 11.2. The Hall–Kier alpha value is -5.86. The molecule has 0 unspecified atom stereocenters. The van der Waals surface area contributed by atoms with Crippen LogP contribution in [-0.4, -0.2) is 43.5 Å². The van der Waals surface area contributed by atoms with Crippen molar-refractivity contribution in [2.75, 3.05) is 17.2 Å². The minimum Gasteiger partial charge on any atom is -0.394 e. The first kappa shape index (κ1) is 28.9. The molecule has 0 spiro atoms. The number of aromatic amines is 1. The molecule has 0 saturated heterocycles. The lowest BCUT2D eigenvalue weighted by Crippen LogP contribution is -2.48. The van der Waals surface area contributed by atoms with E-state index in [1.165, 1.54) is 30.6 Å². The number of amides is 2. The molecule has 0 fully saturated rings. The van der Waals surface area contributed by atoms with Gasteiger partial charge in [0.05, 0.1) is 12.6 Å². The van der Waals surface area contributed by atoms with Crippen LogP contribution in [0.1, 0.15) is 61.3 Å². The van der Waals surface area contributed by atoms with Crippen molar-refractivity contribution in [2.45, 2.75) is 37.9 Å². The Morgan fingerprint density at radius 2 is 1.78 bits per heavy atom. The van der Waals surface area contributed by atoms with Gasteiger partial charge < -0.3 is 21.3 Å². The standard InChI is InChI=1S/C31H25F2N9O4/c32-31(33)12-42(25-24(34)26(43)27(25)44)11-18-7-15(1-5-20(18)31)10-35-29(45)22-9-23(37-13-36-22)30(46)40-21-6-3-16-8-17(2-4-19(16)21)28-38-14-39-41-28/h1-2,4-5,7-9,13-14,21H,3,6,10-12,34H2,(H,35,45)(H,40,46)(H,38,39,41)/t21-/m0/s1. The maximum absolute atomic E-state index is 14.9. The predicted octanol–water partition coefficient (Wildman–Crippen LogP) is 1.90. The largest absolute Gasteiger partial charge is 0.394 e.